The van der Waals surface area contributed by atoms with Crippen LogP contribution in [0.4, 0.5) is 0 Å². The molecule has 0 atom stereocenters. The van der Waals surface area contributed by atoms with Crippen LogP contribution < -0.4 is 10.1 Å². The number of methoxy groups -OCH3 is 1. The second-order valence-electron chi connectivity index (χ2n) is 4.35. The van der Waals surface area contributed by atoms with Gasteiger partial charge in [0.1, 0.15) is 5.75 Å². The molecule has 0 fully saturated rings. The predicted octanol–water partition coefficient (Wildman–Crippen LogP) is 2.03. The lowest BCUT2D eigenvalue weighted by molar-refractivity contribution is 0.414. The second kappa shape index (κ2) is 5.69. The lowest BCUT2D eigenvalue weighted by Crippen LogP contribution is -2.16. The smallest absolute Gasteiger partial charge is 0.118 e. The highest BCUT2D eigenvalue weighted by atomic mass is 16.5. The van der Waals surface area contributed by atoms with E-state index in [0.717, 1.165) is 18.8 Å². The molecule has 1 heterocycles. The topological polar surface area (TPSA) is 39.1 Å². The van der Waals surface area contributed by atoms with Crippen molar-refractivity contribution in [2.75, 3.05) is 7.11 Å². The minimum absolute atomic E-state index is 0.828. The number of ether oxygens (including phenoxy) is 1. The summed E-state index contributed by atoms with van der Waals surface area (Å²) >= 11 is 0. The van der Waals surface area contributed by atoms with Crippen molar-refractivity contribution < 1.29 is 4.74 Å². The van der Waals surface area contributed by atoms with Crippen LogP contribution >= 0.6 is 0 Å². The highest BCUT2D eigenvalue weighted by Gasteiger charge is 2.03. The van der Waals surface area contributed by atoms with Gasteiger partial charge in [-0.1, -0.05) is 12.1 Å². The van der Waals surface area contributed by atoms with Crippen LogP contribution in [-0.2, 0) is 20.1 Å². The predicted molar refractivity (Wildman–Crippen MR) is 71.5 cm³/mol. The Morgan fingerprint density at radius 3 is 2.50 bits per heavy atom. The van der Waals surface area contributed by atoms with Gasteiger partial charge in [-0.15, -0.1) is 0 Å². The Balaban J connectivity index is 1.88. The Bertz CT molecular complexity index is 483. The largest absolute Gasteiger partial charge is 0.497 e. The molecule has 18 heavy (non-hydrogen) atoms. The normalized spacial score (nSPS) is 10.6. The molecule has 2 rings (SSSR count). The Morgan fingerprint density at radius 2 is 1.94 bits per heavy atom. The summed E-state index contributed by atoms with van der Waals surface area (Å²) < 4.78 is 7.05. The van der Waals surface area contributed by atoms with Crippen molar-refractivity contribution in [3.05, 3.63) is 47.3 Å². The van der Waals surface area contributed by atoms with Crippen LogP contribution in [0.5, 0.6) is 5.75 Å². The summed E-state index contributed by atoms with van der Waals surface area (Å²) in [4.78, 5) is 0. The van der Waals surface area contributed by atoms with Crippen LogP contribution in [0.2, 0.25) is 0 Å². The van der Waals surface area contributed by atoms with Crippen LogP contribution in [0.25, 0.3) is 0 Å². The summed E-state index contributed by atoms with van der Waals surface area (Å²) in [6, 6.07) is 8.10. The van der Waals surface area contributed by atoms with Crippen LogP contribution in [0.3, 0.4) is 0 Å². The average Bonchev–Trinajstić information content (AvgIpc) is 2.71. The van der Waals surface area contributed by atoms with E-state index in [9.17, 15) is 0 Å². The maximum atomic E-state index is 5.13. The van der Waals surface area contributed by atoms with Crippen LogP contribution in [0.15, 0.2) is 30.5 Å². The van der Waals surface area contributed by atoms with Crippen molar-refractivity contribution in [1.29, 1.82) is 0 Å². The molecular formula is C14H19N3O. The molecule has 96 valence electrons. The monoisotopic (exact) mass is 245 g/mol. The Kier molecular flexibility index (Phi) is 3.99. The minimum Gasteiger partial charge on any atom is -0.497 e. The molecule has 1 aromatic heterocycles. The van der Waals surface area contributed by atoms with Gasteiger partial charge in [-0.05, 0) is 30.2 Å². The number of aromatic nitrogens is 2. The molecule has 0 radical (unpaired) electrons. The van der Waals surface area contributed by atoms with Crippen LogP contribution in [0, 0.1) is 6.92 Å². The van der Waals surface area contributed by atoms with Gasteiger partial charge >= 0.3 is 0 Å². The third-order valence-electron chi connectivity index (χ3n) is 3.05. The Morgan fingerprint density at radius 1 is 1.22 bits per heavy atom. The third-order valence-corrected chi connectivity index (χ3v) is 3.05. The Hall–Kier alpha value is -1.81. The van der Waals surface area contributed by atoms with E-state index < -0.39 is 0 Å². The van der Waals surface area contributed by atoms with Crippen molar-refractivity contribution >= 4 is 0 Å². The number of hydrogen-bond donors (Lipinski definition) is 1. The van der Waals surface area contributed by atoms with Crippen LogP contribution in [-0.4, -0.2) is 16.9 Å². The molecule has 0 unspecified atom stereocenters. The first-order chi connectivity index (χ1) is 8.70. The first-order valence-corrected chi connectivity index (χ1v) is 6.02. The zero-order valence-corrected chi connectivity index (χ0v) is 11.1. The van der Waals surface area contributed by atoms with E-state index in [1.54, 1.807) is 7.11 Å². The fourth-order valence-corrected chi connectivity index (χ4v) is 1.90. The van der Waals surface area contributed by atoms with Gasteiger partial charge in [0.25, 0.3) is 0 Å². The standard InChI is InChI=1S/C14H19N3O/c1-11-8-16-17(2)14(11)10-15-9-12-4-6-13(18-3)7-5-12/h4-8,15H,9-10H2,1-3H3. The van der Waals surface area contributed by atoms with Crippen molar-refractivity contribution in [1.82, 2.24) is 15.1 Å². The van der Waals surface area contributed by atoms with Gasteiger partial charge < -0.3 is 10.1 Å². The molecule has 1 N–H and O–H groups in total. The molecule has 0 saturated carbocycles. The van der Waals surface area contributed by atoms with Gasteiger partial charge in [-0.3, -0.25) is 4.68 Å². The van der Waals surface area contributed by atoms with E-state index >= 15 is 0 Å². The maximum Gasteiger partial charge on any atom is 0.118 e. The average molecular weight is 245 g/mol. The third kappa shape index (κ3) is 2.90. The van der Waals surface area contributed by atoms with Crippen molar-refractivity contribution in [2.45, 2.75) is 20.0 Å². The minimum atomic E-state index is 0.828. The van der Waals surface area contributed by atoms with E-state index in [0.29, 0.717) is 0 Å². The first kappa shape index (κ1) is 12.6. The van der Waals surface area contributed by atoms with Crippen molar-refractivity contribution in [3.63, 3.8) is 0 Å². The number of nitrogens with zero attached hydrogens (tertiary/aromatic N) is 2. The highest BCUT2D eigenvalue weighted by molar-refractivity contribution is 5.27. The molecule has 2 aromatic rings. The Labute approximate surface area is 108 Å². The van der Waals surface area contributed by atoms with E-state index in [1.807, 2.05) is 30.1 Å². The van der Waals surface area contributed by atoms with Crippen LogP contribution in [0.1, 0.15) is 16.8 Å². The molecular weight excluding hydrogens is 226 g/mol. The second-order valence-corrected chi connectivity index (χ2v) is 4.35. The summed E-state index contributed by atoms with van der Waals surface area (Å²) in [7, 11) is 3.65. The van der Waals surface area contributed by atoms with Gasteiger partial charge in [0.15, 0.2) is 0 Å². The van der Waals surface area contributed by atoms with Gasteiger partial charge in [-0.2, -0.15) is 5.10 Å². The van der Waals surface area contributed by atoms with Crippen molar-refractivity contribution in [2.24, 2.45) is 7.05 Å². The van der Waals surface area contributed by atoms with E-state index in [-0.39, 0.29) is 0 Å². The molecule has 0 aliphatic rings. The zero-order valence-electron chi connectivity index (χ0n) is 11.1. The molecule has 0 bridgehead atoms. The molecule has 0 saturated heterocycles. The summed E-state index contributed by atoms with van der Waals surface area (Å²) in [6.07, 6.45) is 1.89. The van der Waals surface area contributed by atoms with Gasteiger partial charge in [-0.25, -0.2) is 0 Å². The molecule has 0 spiro atoms. The van der Waals surface area contributed by atoms with Gasteiger partial charge in [0, 0.05) is 20.1 Å². The van der Waals surface area contributed by atoms with E-state index in [1.165, 1.54) is 16.8 Å². The molecule has 0 aliphatic carbocycles. The molecule has 4 heteroatoms. The lowest BCUT2D eigenvalue weighted by Gasteiger charge is -2.07. The molecule has 4 nitrogen and oxygen atoms in total. The molecule has 0 aliphatic heterocycles. The number of rotatable bonds is 5. The van der Waals surface area contributed by atoms with Gasteiger partial charge in [0.05, 0.1) is 19.0 Å². The van der Waals surface area contributed by atoms with E-state index in [2.05, 4.69) is 29.5 Å². The SMILES string of the molecule is COc1ccc(CNCc2c(C)cnn2C)cc1. The lowest BCUT2D eigenvalue weighted by atomic mass is 10.2. The zero-order chi connectivity index (χ0) is 13.0. The highest BCUT2D eigenvalue weighted by Crippen LogP contribution is 2.11. The number of nitrogens with one attached hydrogen (secondary N) is 1. The van der Waals surface area contributed by atoms with Gasteiger partial charge in [0.2, 0.25) is 0 Å². The summed E-state index contributed by atoms with van der Waals surface area (Å²) in [5.74, 6) is 0.890. The number of hydrogen-bond acceptors (Lipinski definition) is 3. The molecule has 0 amide bonds. The quantitative estimate of drug-likeness (QED) is 0.876. The van der Waals surface area contributed by atoms with E-state index in [4.69, 9.17) is 4.74 Å². The fourth-order valence-electron chi connectivity index (χ4n) is 1.90. The number of benzene rings is 1. The summed E-state index contributed by atoms with van der Waals surface area (Å²) in [6.45, 7) is 3.75. The summed E-state index contributed by atoms with van der Waals surface area (Å²) in [5, 5.41) is 7.65. The first-order valence-electron chi connectivity index (χ1n) is 6.02. The fraction of sp³-hybridized carbons (Fsp3) is 0.357. The molecule has 1 aromatic carbocycles. The number of aryl methyl sites for hydroxylation is 2. The van der Waals surface area contributed by atoms with Crippen molar-refractivity contribution in [3.8, 4) is 5.75 Å². The summed E-state index contributed by atoms with van der Waals surface area (Å²) in [5.41, 5.74) is 3.69. The maximum absolute atomic E-state index is 5.13.